The standard InChI is InChI=1S/C7H17FOSi/c1-9-6-4-5-7-10(2,3)8/h4-7H2,1-3H3. The van der Waals surface area contributed by atoms with Crippen LogP contribution in [0.2, 0.25) is 19.1 Å². The molecule has 0 aliphatic rings. The van der Waals surface area contributed by atoms with Gasteiger partial charge in [-0.15, -0.1) is 0 Å². The molecule has 1 nitrogen and oxygen atoms in total. The number of hydrogen-bond donors (Lipinski definition) is 0. The first kappa shape index (κ1) is 10.1. The third-order valence-electron chi connectivity index (χ3n) is 1.37. The molecule has 0 bridgehead atoms. The van der Waals surface area contributed by atoms with Gasteiger partial charge in [-0.25, -0.2) is 0 Å². The van der Waals surface area contributed by atoms with Crippen molar-refractivity contribution in [1.29, 1.82) is 0 Å². The predicted molar refractivity (Wildman–Crippen MR) is 44.5 cm³/mol. The van der Waals surface area contributed by atoms with Gasteiger partial charge in [-0.1, -0.05) is 6.42 Å². The molecule has 0 unspecified atom stereocenters. The number of rotatable bonds is 5. The van der Waals surface area contributed by atoms with Crippen molar-refractivity contribution >= 4 is 8.41 Å². The molecule has 0 N–H and O–H groups in total. The maximum atomic E-state index is 12.9. The number of methoxy groups -OCH3 is 1. The molecule has 0 heterocycles. The Bertz CT molecular complexity index is 80.2. The Balaban J connectivity index is 3.04. The minimum absolute atomic E-state index is 0.768. The van der Waals surface area contributed by atoms with Gasteiger partial charge < -0.3 is 8.84 Å². The van der Waals surface area contributed by atoms with Gasteiger partial charge in [0, 0.05) is 13.7 Å². The Morgan fingerprint density at radius 1 is 1.30 bits per heavy atom. The molecule has 0 atom stereocenters. The Morgan fingerprint density at radius 3 is 2.30 bits per heavy atom. The predicted octanol–water partition coefficient (Wildman–Crippen LogP) is 2.59. The second-order valence-electron chi connectivity index (χ2n) is 3.17. The molecule has 0 aliphatic heterocycles. The van der Waals surface area contributed by atoms with Gasteiger partial charge in [-0.05, 0) is 25.6 Å². The van der Waals surface area contributed by atoms with E-state index in [0.29, 0.717) is 0 Å². The molecule has 0 saturated heterocycles. The van der Waals surface area contributed by atoms with Crippen molar-refractivity contribution in [1.82, 2.24) is 0 Å². The van der Waals surface area contributed by atoms with Crippen LogP contribution in [0.15, 0.2) is 0 Å². The van der Waals surface area contributed by atoms with E-state index in [2.05, 4.69) is 0 Å². The molecular formula is C7H17FOSi. The molecule has 0 fully saturated rings. The van der Waals surface area contributed by atoms with Crippen molar-refractivity contribution in [2.45, 2.75) is 32.0 Å². The van der Waals surface area contributed by atoms with Crippen LogP contribution in [0.1, 0.15) is 12.8 Å². The topological polar surface area (TPSA) is 9.23 Å². The van der Waals surface area contributed by atoms with E-state index >= 15 is 0 Å². The summed E-state index contributed by atoms with van der Waals surface area (Å²) in [4.78, 5) is 0. The van der Waals surface area contributed by atoms with Crippen LogP contribution in [-0.2, 0) is 4.74 Å². The summed E-state index contributed by atoms with van der Waals surface area (Å²) in [6.07, 6.45) is 1.97. The van der Waals surface area contributed by atoms with Crippen molar-refractivity contribution in [3.05, 3.63) is 0 Å². The van der Waals surface area contributed by atoms with Gasteiger partial charge in [-0.3, -0.25) is 0 Å². The third kappa shape index (κ3) is 8.11. The van der Waals surface area contributed by atoms with Crippen molar-refractivity contribution in [2.75, 3.05) is 13.7 Å². The number of unbranched alkanes of at least 4 members (excludes halogenated alkanes) is 1. The van der Waals surface area contributed by atoms with E-state index in [1.165, 1.54) is 0 Å². The molecule has 3 heteroatoms. The molecule has 0 saturated carbocycles. The second-order valence-corrected chi connectivity index (χ2v) is 7.11. The van der Waals surface area contributed by atoms with Gasteiger partial charge in [-0.2, -0.15) is 0 Å². The van der Waals surface area contributed by atoms with Gasteiger partial charge in [0.25, 0.3) is 0 Å². The largest absolute Gasteiger partial charge is 0.385 e. The molecule has 10 heavy (non-hydrogen) atoms. The fourth-order valence-electron chi connectivity index (χ4n) is 0.792. The minimum Gasteiger partial charge on any atom is -0.385 e. The first-order valence-corrected chi connectivity index (χ1v) is 6.82. The zero-order chi connectivity index (χ0) is 8.04. The number of hydrogen-bond acceptors (Lipinski definition) is 1. The van der Waals surface area contributed by atoms with Crippen LogP contribution < -0.4 is 0 Å². The number of halogens is 1. The smallest absolute Gasteiger partial charge is 0.240 e. The van der Waals surface area contributed by atoms with Crippen LogP contribution in [0.4, 0.5) is 4.11 Å². The van der Waals surface area contributed by atoms with E-state index in [0.717, 1.165) is 25.5 Å². The molecule has 0 aliphatic carbocycles. The van der Waals surface area contributed by atoms with Gasteiger partial charge in [0.15, 0.2) is 0 Å². The van der Waals surface area contributed by atoms with Crippen LogP contribution >= 0.6 is 0 Å². The zero-order valence-corrected chi connectivity index (χ0v) is 8.11. The summed E-state index contributed by atoms with van der Waals surface area (Å²) >= 11 is 0. The lowest BCUT2D eigenvalue weighted by Gasteiger charge is -2.09. The van der Waals surface area contributed by atoms with Crippen molar-refractivity contribution < 1.29 is 8.84 Å². The zero-order valence-electron chi connectivity index (χ0n) is 7.11. The summed E-state index contributed by atoms with van der Waals surface area (Å²) < 4.78 is 17.8. The van der Waals surface area contributed by atoms with E-state index in [1.54, 1.807) is 20.2 Å². The minimum atomic E-state index is -2.26. The van der Waals surface area contributed by atoms with E-state index in [1.807, 2.05) is 0 Å². The Labute approximate surface area is 63.8 Å². The highest BCUT2D eigenvalue weighted by Crippen LogP contribution is 2.13. The average Bonchev–Trinajstić information content (AvgIpc) is 1.78. The number of ether oxygens (including phenoxy) is 1. The summed E-state index contributed by atoms with van der Waals surface area (Å²) in [5, 5.41) is 0. The lowest BCUT2D eigenvalue weighted by Crippen LogP contribution is -2.17. The summed E-state index contributed by atoms with van der Waals surface area (Å²) in [6, 6.07) is 0.774. The average molecular weight is 164 g/mol. The quantitative estimate of drug-likeness (QED) is 0.345. The maximum absolute atomic E-state index is 12.9. The van der Waals surface area contributed by atoms with Crippen LogP contribution in [0.25, 0.3) is 0 Å². The molecule has 0 radical (unpaired) electrons. The third-order valence-corrected chi connectivity index (χ3v) is 2.91. The highest BCUT2D eigenvalue weighted by Gasteiger charge is 2.18. The molecule has 0 spiro atoms. The second kappa shape index (κ2) is 4.85. The van der Waals surface area contributed by atoms with E-state index in [9.17, 15) is 4.11 Å². The molecule has 0 aromatic heterocycles. The first-order valence-electron chi connectivity index (χ1n) is 3.74. The maximum Gasteiger partial charge on any atom is 0.240 e. The fraction of sp³-hybridized carbons (Fsp3) is 1.00. The SMILES string of the molecule is COCCCC[Si](C)(C)F. The van der Waals surface area contributed by atoms with E-state index < -0.39 is 8.41 Å². The molecule has 0 aromatic rings. The molecule has 0 rings (SSSR count). The Morgan fingerprint density at radius 2 is 1.90 bits per heavy atom. The molecule has 0 amide bonds. The highest BCUT2D eigenvalue weighted by atomic mass is 28.4. The van der Waals surface area contributed by atoms with Crippen molar-refractivity contribution in [2.24, 2.45) is 0 Å². The van der Waals surface area contributed by atoms with Gasteiger partial charge in [0.05, 0.1) is 0 Å². The normalized spacial score (nSPS) is 12.0. The summed E-state index contributed by atoms with van der Waals surface area (Å²) in [5.41, 5.74) is 0. The highest BCUT2D eigenvalue weighted by molar-refractivity contribution is 6.70. The van der Waals surface area contributed by atoms with E-state index in [-0.39, 0.29) is 0 Å². The monoisotopic (exact) mass is 164 g/mol. The van der Waals surface area contributed by atoms with Gasteiger partial charge in [0.2, 0.25) is 8.41 Å². The van der Waals surface area contributed by atoms with Gasteiger partial charge >= 0.3 is 0 Å². The van der Waals surface area contributed by atoms with E-state index in [4.69, 9.17) is 4.74 Å². The van der Waals surface area contributed by atoms with Crippen LogP contribution in [-0.4, -0.2) is 22.1 Å². The fourth-order valence-corrected chi connectivity index (χ4v) is 1.88. The molecule has 0 aromatic carbocycles. The summed E-state index contributed by atoms with van der Waals surface area (Å²) in [5.74, 6) is 0. The Hall–Kier alpha value is 0.107. The van der Waals surface area contributed by atoms with Gasteiger partial charge in [0.1, 0.15) is 0 Å². The lowest BCUT2D eigenvalue weighted by molar-refractivity contribution is 0.194. The summed E-state index contributed by atoms with van der Waals surface area (Å²) in [7, 11) is -0.584. The van der Waals surface area contributed by atoms with Crippen LogP contribution in [0.3, 0.4) is 0 Å². The first-order chi connectivity index (χ1) is 4.56. The van der Waals surface area contributed by atoms with Crippen molar-refractivity contribution in [3.8, 4) is 0 Å². The Kier molecular flexibility index (Phi) is 4.90. The lowest BCUT2D eigenvalue weighted by atomic mass is 10.4. The molecule has 62 valence electrons. The van der Waals surface area contributed by atoms with Crippen LogP contribution in [0.5, 0.6) is 0 Å². The van der Waals surface area contributed by atoms with Crippen molar-refractivity contribution in [3.63, 3.8) is 0 Å². The molecular weight excluding hydrogens is 147 g/mol. The summed E-state index contributed by atoms with van der Waals surface area (Å²) in [6.45, 7) is 4.27. The van der Waals surface area contributed by atoms with Crippen LogP contribution in [0, 0.1) is 0 Å².